The maximum absolute atomic E-state index is 12.7. The highest BCUT2D eigenvalue weighted by Crippen LogP contribution is 2.47. The van der Waals surface area contributed by atoms with Gasteiger partial charge in [0.15, 0.2) is 6.10 Å². The number of phosphoric acid groups is 1. The topological polar surface area (TPSA) is 210 Å². The third-order valence-corrected chi connectivity index (χ3v) is 9.84. The molecular formula is C36H67O13P. The van der Waals surface area contributed by atoms with E-state index >= 15 is 0 Å². The van der Waals surface area contributed by atoms with Crippen molar-refractivity contribution in [2.75, 3.05) is 13.2 Å². The average molecular weight is 739 g/mol. The minimum absolute atomic E-state index is 0.0894. The van der Waals surface area contributed by atoms with E-state index in [1.165, 1.54) is 51.4 Å². The van der Waals surface area contributed by atoms with Gasteiger partial charge in [0.2, 0.25) is 0 Å². The molecule has 0 bridgehead atoms. The van der Waals surface area contributed by atoms with Gasteiger partial charge in [0.05, 0.1) is 6.61 Å². The Balaban J connectivity index is 2.57. The maximum Gasteiger partial charge on any atom is 0.472 e. The van der Waals surface area contributed by atoms with Crippen LogP contribution in [-0.4, -0.2) is 98.3 Å². The Bertz CT molecular complexity index is 948. The van der Waals surface area contributed by atoms with Crippen LogP contribution in [0.25, 0.3) is 0 Å². The largest absolute Gasteiger partial charge is 0.472 e. The minimum atomic E-state index is -5.10. The molecule has 0 amide bonds. The molecule has 1 rings (SSSR count). The Morgan fingerprint density at radius 1 is 0.600 bits per heavy atom. The molecule has 13 nitrogen and oxygen atoms in total. The molecule has 50 heavy (non-hydrogen) atoms. The highest BCUT2D eigenvalue weighted by Gasteiger charge is 2.51. The number of hydrogen-bond donors (Lipinski definition) is 6. The van der Waals surface area contributed by atoms with Gasteiger partial charge in [-0.2, -0.15) is 0 Å². The molecule has 1 aliphatic carbocycles. The lowest BCUT2D eigenvalue weighted by Crippen LogP contribution is -2.64. The van der Waals surface area contributed by atoms with Gasteiger partial charge in [0, 0.05) is 12.8 Å². The molecule has 1 saturated carbocycles. The second-order valence-corrected chi connectivity index (χ2v) is 14.8. The van der Waals surface area contributed by atoms with Crippen LogP contribution in [0.15, 0.2) is 12.2 Å². The van der Waals surface area contributed by atoms with Gasteiger partial charge in [0.25, 0.3) is 0 Å². The first-order chi connectivity index (χ1) is 23.9. The average Bonchev–Trinajstić information content (AvgIpc) is 3.09. The molecule has 0 aliphatic heterocycles. The molecule has 0 aromatic heterocycles. The summed E-state index contributed by atoms with van der Waals surface area (Å²) in [5.74, 6) is -1.11. The molecule has 0 heterocycles. The first-order valence-corrected chi connectivity index (χ1v) is 20.5. The van der Waals surface area contributed by atoms with Crippen LogP contribution in [0.3, 0.4) is 0 Å². The summed E-state index contributed by atoms with van der Waals surface area (Å²) in [6.45, 7) is 3.20. The molecule has 0 saturated heterocycles. The van der Waals surface area contributed by atoms with Crippen LogP contribution >= 0.6 is 7.82 Å². The second kappa shape index (κ2) is 28.1. The normalized spacial score (nSPS) is 24.2. The van der Waals surface area contributed by atoms with Gasteiger partial charge in [-0.05, 0) is 38.5 Å². The number of unbranched alkanes of at least 4 members (excludes halogenated alkanes) is 16. The lowest BCUT2D eigenvalue weighted by molar-refractivity contribution is -0.220. The number of esters is 2. The molecular weight excluding hydrogens is 671 g/mol. The van der Waals surface area contributed by atoms with Crippen LogP contribution in [0, 0.1) is 0 Å². The number of rotatable bonds is 30. The molecule has 1 aliphatic rings. The van der Waals surface area contributed by atoms with Gasteiger partial charge in [-0.1, -0.05) is 109 Å². The number of hydrogen-bond acceptors (Lipinski definition) is 12. The molecule has 0 spiro atoms. The Hall–Kier alpha value is -1.41. The van der Waals surface area contributed by atoms with Crippen molar-refractivity contribution in [2.45, 2.75) is 191 Å². The van der Waals surface area contributed by atoms with Gasteiger partial charge in [-0.15, -0.1) is 0 Å². The lowest BCUT2D eigenvalue weighted by atomic mass is 9.85. The zero-order chi connectivity index (χ0) is 37.2. The molecule has 0 aromatic carbocycles. The van der Waals surface area contributed by atoms with Crippen molar-refractivity contribution in [1.82, 2.24) is 0 Å². The zero-order valence-corrected chi connectivity index (χ0v) is 31.3. The van der Waals surface area contributed by atoms with Crippen LogP contribution < -0.4 is 0 Å². The molecule has 14 heteroatoms. The quantitative estimate of drug-likeness (QED) is 0.0231. The first kappa shape index (κ1) is 46.6. The smallest absolute Gasteiger partial charge is 0.462 e. The number of aliphatic hydroxyl groups excluding tert-OH is 5. The van der Waals surface area contributed by atoms with Crippen LogP contribution in [-0.2, 0) is 32.7 Å². The lowest BCUT2D eigenvalue weighted by Gasteiger charge is -2.41. The Kier molecular flexibility index (Phi) is 26.2. The summed E-state index contributed by atoms with van der Waals surface area (Å²) in [6, 6.07) is 0. The number of carbonyl (C=O) groups is 2. The summed E-state index contributed by atoms with van der Waals surface area (Å²) in [4.78, 5) is 35.3. The van der Waals surface area contributed by atoms with Crippen molar-refractivity contribution < 1.29 is 63.1 Å². The van der Waals surface area contributed by atoms with E-state index in [1.807, 2.05) is 0 Å². The van der Waals surface area contributed by atoms with E-state index in [4.69, 9.17) is 18.5 Å². The third-order valence-electron chi connectivity index (χ3n) is 8.86. The van der Waals surface area contributed by atoms with Crippen molar-refractivity contribution in [3.63, 3.8) is 0 Å². The summed E-state index contributed by atoms with van der Waals surface area (Å²) in [5, 5.41) is 49.8. The van der Waals surface area contributed by atoms with Crippen LogP contribution in [0.1, 0.15) is 149 Å². The highest BCUT2D eigenvalue weighted by atomic mass is 31.2. The van der Waals surface area contributed by atoms with Crippen molar-refractivity contribution >= 4 is 19.8 Å². The highest BCUT2D eigenvalue weighted by molar-refractivity contribution is 7.47. The Morgan fingerprint density at radius 2 is 1.02 bits per heavy atom. The Labute approximate surface area is 299 Å². The SMILES string of the molecule is CCCCC/C=C\CCCCCCCC(=O)OC(COC(=O)CCCCCCCCCCC)COP(=O)(O)OC1C(O)C(O)C(O)C(O)C1O. The number of phosphoric ester groups is 1. The molecule has 0 aromatic rings. The maximum atomic E-state index is 12.7. The van der Waals surface area contributed by atoms with Gasteiger partial charge < -0.3 is 39.9 Å². The summed E-state index contributed by atoms with van der Waals surface area (Å²) >= 11 is 0. The van der Waals surface area contributed by atoms with Crippen molar-refractivity contribution in [3.05, 3.63) is 12.2 Å². The van der Waals surface area contributed by atoms with Crippen LogP contribution in [0.4, 0.5) is 0 Å². The zero-order valence-electron chi connectivity index (χ0n) is 30.4. The third kappa shape index (κ3) is 21.2. The van der Waals surface area contributed by atoms with Gasteiger partial charge in [0.1, 0.15) is 43.2 Å². The summed E-state index contributed by atoms with van der Waals surface area (Å²) in [7, 11) is -5.10. The van der Waals surface area contributed by atoms with Gasteiger partial charge in [-0.3, -0.25) is 18.6 Å². The van der Waals surface area contributed by atoms with E-state index in [-0.39, 0.29) is 12.8 Å². The molecule has 6 atom stereocenters. The fourth-order valence-corrected chi connectivity index (χ4v) is 6.66. The van der Waals surface area contributed by atoms with E-state index in [1.54, 1.807) is 0 Å². The molecule has 6 N–H and O–H groups in total. The van der Waals surface area contributed by atoms with E-state index in [9.17, 15) is 44.6 Å². The predicted molar refractivity (Wildman–Crippen MR) is 189 cm³/mol. The van der Waals surface area contributed by atoms with Crippen LogP contribution in [0.2, 0.25) is 0 Å². The second-order valence-electron chi connectivity index (χ2n) is 13.4. The minimum Gasteiger partial charge on any atom is -0.462 e. The van der Waals surface area contributed by atoms with Crippen molar-refractivity contribution in [1.29, 1.82) is 0 Å². The van der Waals surface area contributed by atoms with Crippen molar-refractivity contribution in [3.8, 4) is 0 Å². The van der Waals surface area contributed by atoms with Gasteiger partial charge in [-0.25, -0.2) is 4.57 Å². The van der Waals surface area contributed by atoms with Crippen LogP contribution in [0.5, 0.6) is 0 Å². The molecule has 294 valence electrons. The predicted octanol–water partition coefficient (Wildman–Crippen LogP) is 5.55. The number of ether oxygens (including phenoxy) is 2. The molecule has 6 unspecified atom stereocenters. The summed E-state index contributed by atoms with van der Waals surface area (Å²) in [5.41, 5.74) is 0. The van der Waals surface area contributed by atoms with E-state index in [0.29, 0.717) is 12.8 Å². The van der Waals surface area contributed by atoms with E-state index in [2.05, 4.69) is 26.0 Å². The molecule has 0 radical (unpaired) electrons. The number of aliphatic hydroxyl groups is 5. The van der Waals surface area contributed by atoms with E-state index < -0.39 is 75.7 Å². The number of carbonyl (C=O) groups excluding carboxylic acids is 2. The standard InChI is InChI=1S/C36H67O13P/c1-3-5-7-9-11-13-14-15-17-19-21-23-25-30(38)48-28(26-46-29(37)24-22-20-18-16-12-10-8-6-4-2)27-47-50(44,45)49-36-34(42)32(40)31(39)33(41)35(36)43/h11,13,28,31-36,39-43H,3-10,12,14-27H2,1-2H3,(H,44,45)/b13-11-. The van der Waals surface area contributed by atoms with E-state index in [0.717, 1.165) is 57.8 Å². The summed E-state index contributed by atoms with van der Waals surface area (Å²) < 4.78 is 33.2. The monoisotopic (exact) mass is 738 g/mol. The van der Waals surface area contributed by atoms with Gasteiger partial charge >= 0.3 is 19.8 Å². The number of allylic oxidation sites excluding steroid dienone is 2. The fourth-order valence-electron chi connectivity index (χ4n) is 5.69. The fraction of sp³-hybridized carbons (Fsp3) is 0.889. The first-order valence-electron chi connectivity index (χ1n) is 19.0. The van der Waals surface area contributed by atoms with Crippen molar-refractivity contribution in [2.24, 2.45) is 0 Å². The molecule has 1 fully saturated rings. The summed E-state index contributed by atoms with van der Waals surface area (Å²) in [6.07, 6.45) is 11.6. The Morgan fingerprint density at radius 3 is 1.56 bits per heavy atom.